The van der Waals surface area contributed by atoms with Crippen molar-refractivity contribution in [1.82, 2.24) is 5.06 Å². The summed E-state index contributed by atoms with van der Waals surface area (Å²) in [4.78, 5) is 0. The Morgan fingerprint density at radius 2 is 2.27 bits per heavy atom. The van der Waals surface area contributed by atoms with Crippen LogP contribution in [-0.4, -0.2) is 29.4 Å². The summed E-state index contributed by atoms with van der Waals surface area (Å²) >= 11 is 3.96. The van der Waals surface area contributed by atoms with Crippen molar-refractivity contribution in [2.45, 2.75) is 39.0 Å². The van der Waals surface area contributed by atoms with E-state index in [0.29, 0.717) is 5.88 Å². The maximum Gasteiger partial charge on any atom is 0.135 e. The molecule has 1 radical (unpaired) electrons. The van der Waals surface area contributed by atoms with Crippen molar-refractivity contribution >= 4 is 19.9 Å². The fraction of sp³-hybridized carbons (Fsp3) is 1.00. The van der Waals surface area contributed by atoms with Crippen LogP contribution in [0.25, 0.3) is 0 Å². The smallest absolute Gasteiger partial charge is 0.135 e. The molecule has 0 aromatic rings. The molecular formula is C7H17BNOS. The van der Waals surface area contributed by atoms with Gasteiger partial charge in [0.25, 0.3) is 0 Å². The van der Waals surface area contributed by atoms with Crippen LogP contribution >= 0.6 is 12.6 Å². The summed E-state index contributed by atoms with van der Waals surface area (Å²) in [6, 6.07) is 0. The summed E-state index contributed by atoms with van der Waals surface area (Å²) in [6.07, 6.45) is 3.47. The lowest BCUT2D eigenvalue weighted by atomic mass is 9.66. The van der Waals surface area contributed by atoms with Crippen LogP contribution in [-0.2, 0) is 0 Å². The van der Waals surface area contributed by atoms with Crippen LogP contribution < -0.4 is 0 Å². The van der Waals surface area contributed by atoms with Crippen LogP contribution in [0.3, 0.4) is 0 Å². The van der Waals surface area contributed by atoms with Gasteiger partial charge in [-0.25, -0.2) is 0 Å². The molecule has 11 heavy (non-hydrogen) atoms. The standard InChI is InChI=1S/C7H17BNOS/c1-3-4-5-8-7(2)9(10)6-11/h7,10-11H,3-6H2,1-2H3. The van der Waals surface area contributed by atoms with E-state index in [4.69, 9.17) is 5.21 Å². The highest BCUT2D eigenvalue weighted by molar-refractivity contribution is 7.80. The molecule has 1 atom stereocenters. The van der Waals surface area contributed by atoms with Gasteiger partial charge < -0.3 is 5.21 Å². The first-order valence-electron chi connectivity index (χ1n) is 4.12. The minimum absolute atomic E-state index is 0.124. The second kappa shape index (κ2) is 7.01. The van der Waals surface area contributed by atoms with Crippen molar-refractivity contribution in [3.05, 3.63) is 0 Å². The van der Waals surface area contributed by atoms with E-state index in [1.54, 1.807) is 0 Å². The van der Waals surface area contributed by atoms with Crippen molar-refractivity contribution in [1.29, 1.82) is 0 Å². The first kappa shape index (κ1) is 11.3. The second-order valence-corrected chi connectivity index (χ2v) is 2.98. The predicted octanol–water partition coefficient (Wildman–Crippen LogP) is 1.83. The highest BCUT2D eigenvalue weighted by atomic mass is 32.1. The molecule has 0 heterocycles. The van der Waals surface area contributed by atoms with Crippen molar-refractivity contribution in [3.63, 3.8) is 0 Å². The lowest BCUT2D eigenvalue weighted by Crippen LogP contribution is -2.33. The van der Waals surface area contributed by atoms with Crippen LogP contribution in [0.1, 0.15) is 26.7 Å². The van der Waals surface area contributed by atoms with Crippen LogP contribution in [0, 0.1) is 0 Å². The van der Waals surface area contributed by atoms with E-state index in [9.17, 15) is 0 Å². The quantitative estimate of drug-likeness (QED) is 0.211. The van der Waals surface area contributed by atoms with Gasteiger partial charge in [0.05, 0.1) is 5.88 Å². The highest BCUT2D eigenvalue weighted by Gasteiger charge is 2.08. The third-order valence-electron chi connectivity index (χ3n) is 1.68. The number of unbranched alkanes of at least 4 members (excludes halogenated alkanes) is 1. The van der Waals surface area contributed by atoms with Gasteiger partial charge in [0.15, 0.2) is 0 Å². The number of hydrogen-bond donors (Lipinski definition) is 2. The van der Waals surface area contributed by atoms with E-state index < -0.39 is 0 Å². The number of rotatable bonds is 6. The Balaban J connectivity index is 3.28. The Labute approximate surface area is 75.6 Å². The van der Waals surface area contributed by atoms with Crippen LogP contribution in [0.5, 0.6) is 0 Å². The molecule has 2 nitrogen and oxygen atoms in total. The van der Waals surface area contributed by atoms with Gasteiger partial charge in [0.2, 0.25) is 0 Å². The molecule has 0 fully saturated rings. The number of nitrogens with zero attached hydrogens (tertiary/aromatic N) is 1. The molecule has 1 N–H and O–H groups in total. The minimum Gasteiger partial charge on any atom is -0.314 e. The Morgan fingerprint density at radius 1 is 1.64 bits per heavy atom. The Bertz CT molecular complexity index is 94.5. The molecule has 1 unspecified atom stereocenters. The second-order valence-electron chi connectivity index (χ2n) is 2.70. The van der Waals surface area contributed by atoms with Crippen LogP contribution in [0.2, 0.25) is 6.32 Å². The average molecular weight is 174 g/mol. The number of thiol groups is 1. The van der Waals surface area contributed by atoms with Gasteiger partial charge in [-0.05, 0) is 0 Å². The van der Waals surface area contributed by atoms with E-state index >= 15 is 0 Å². The highest BCUT2D eigenvalue weighted by Crippen LogP contribution is 2.00. The zero-order valence-electron chi connectivity index (χ0n) is 7.32. The fourth-order valence-corrected chi connectivity index (χ4v) is 1.07. The van der Waals surface area contributed by atoms with Crippen molar-refractivity contribution in [3.8, 4) is 0 Å². The molecule has 0 spiro atoms. The molecule has 0 saturated carbocycles. The third kappa shape index (κ3) is 5.59. The van der Waals surface area contributed by atoms with E-state index in [1.807, 2.05) is 6.92 Å². The Hall–Kier alpha value is 0.335. The predicted molar refractivity (Wildman–Crippen MR) is 52.4 cm³/mol. The molecule has 0 aromatic heterocycles. The maximum absolute atomic E-state index is 9.15. The first-order chi connectivity index (χ1) is 5.22. The largest absolute Gasteiger partial charge is 0.314 e. The molecule has 0 saturated heterocycles. The summed E-state index contributed by atoms with van der Waals surface area (Å²) in [5.74, 6) is 0.517. The SMILES string of the molecule is CCCC[B]C(C)N(O)CS. The number of hydrogen-bond acceptors (Lipinski definition) is 3. The lowest BCUT2D eigenvalue weighted by molar-refractivity contribution is -0.0809. The van der Waals surface area contributed by atoms with E-state index in [-0.39, 0.29) is 5.94 Å². The van der Waals surface area contributed by atoms with Crippen LogP contribution in [0.15, 0.2) is 0 Å². The topological polar surface area (TPSA) is 23.5 Å². The maximum atomic E-state index is 9.15. The van der Waals surface area contributed by atoms with Gasteiger partial charge in [-0.3, -0.25) is 0 Å². The van der Waals surface area contributed by atoms with Gasteiger partial charge in [0, 0.05) is 5.94 Å². The zero-order chi connectivity index (χ0) is 8.69. The third-order valence-corrected chi connectivity index (χ3v) is 1.97. The van der Waals surface area contributed by atoms with Gasteiger partial charge in [0.1, 0.15) is 7.28 Å². The summed E-state index contributed by atoms with van der Waals surface area (Å²) in [7, 11) is 2.11. The summed E-state index contributed by atoms with van der Waals surface area (Å²) in [5.41, 5.74) is 0. The molecule has 0 rings (SSSR count). The molecular weight excluding hydrogens is 157 g/mol. The molecule has 0 bridgehead atoms. The molecule has 0 aliphatic heterocycles. The average Bonchev–Trinajstić information content (AvgIpc) is 2.03. The molecule has 65 valence electrons. The van der Waals surface area contributed by atoms with Crippen molar-refractivity contribution in [2.24, 2.45) is 0 Å². The van der Waals surface area contributed by atoms with Crippen molar-refractivity contribution in [2.75, 3.05) is 5.88 Å². The fourth-order valence-electron chi connectivity index (χ4n) is 0.814. The molecule has 0 amide bonds. The summed E-state index contributed by atoms with van der Waals surface area (Å²) in [5, 5.41) is 10.4. The molecule has 0 aromatic carbocycles. The monoisotopic (exact) mass is 174 g/mol. The van der Waals surface area contributed by atoms with Gasteiger partial charge in [-0.15, -0.1) is 0 Å². The van der Waals surface area contributed by atoms with Gasteiger partial charge in [-0.1, -0.05) is 33.0 Å². The summed E-state index contributed by atoms with van der Waals surface area (Å²) < 4.78 is 0. The molecule has 0 aliphatic rings. The Morgan fingerprint density at radius 3 is 2.73 bits per heavy atom. The first-order valence-corrected chi connectivity index (χ1v) is 4.75. The zero-order valence-corrected chi connectivity index (χ0v) is 8.22. The van der Waals surface area contributed by atoms with Gasteiger partial charge >= 0.3 is 0 Å². The van der Waals surface area contributed by atoms with E-state index in [1.165, 1.54) is 17.9 Å². The van der Waals surface area contributed by atoms with E-state index in [0.717, 1.165) is 6.32 Å². The summed E-state index contributed by atoms with van der Waals surface area (Å²) in [6.45, 7) is 4.12. The van der Waals surface area contributed by atoms with E-state index in [2.05, 4.69) is 26.8 Å². The normalized spacial score (nSPS) is 13.5. The minimum atomic E-state index is 0.124. The lowest BCUT2D eigenvalue weighted by Gasteiger charge is -2.19. The van der Waals surface area contributed by atoms with Crippen LogP contribution in [0.4, 0.5) is 0 Å². The molecule has 4 heteroatoms. The van der Waals surface area contributed by atoms with Gasteiger partial charge in [-0.2, -0.15) is 17.7 Å². The Kier molecular flexibility index (Phi) is 7.22. The van der Waals surface area contributed by atoms with Crippen molar-refractivity contribution < 1.29 is 5.21 Å². The number of hydroxylamine groups is 2. The molecule has 0 aliphatic carbocycles.